The first-order valence-electron chi connectivity index (χ1n) is 8.81. The van der Waals surface area contributed by atoms with Gasteiger partial charge >= 0.3 is 0 Å². The first kappa shape index (κ1) is 17.2. The van der Waals surface area contributed by atoms with E-state index in [4.69, 9.17) is 4.74 Å². The van der Waals surface area contributed by atoms with E-state index < -0.39 is 0 Å². The van der Waals surface area contributed by atoms with Crippen LogP contribution in [0.2, 0.25) is 0 Å². The van der Waals surface area contributed by atoms with Gasteiger partial charge in [-0.05, 0) is 43.5 Å². The summed E-state index contributed by atoms with van der Waals surface area (Å²) in [5, 5.41) is 3.13. The van der Waals surface area contributed by atoms with Gasteiger partial charge in [0.2, 0.25) is 0 Å². The highest BCUT2D eigenvalue weighted by atomic mass is 16.5. The summed E-state index contributed by atoms with van der Waals surface area (Å²) >= 11 is 0. The number of carbonyl (C=O) groups is 1. The number of carbonyl (C=O) groups excluding carboxylic acids is 1. The zero-order chi connectivity index (χ0) is 17.5. The van der Waals surface area contributed by atoms with Gasteiger partial charge in [0, 0.05) is 37.1 Å². The molecule has 0 bridgehead atoms. The van der Waals surface area contributed by atoms with Crippen molar-refractivity contribution in [2.45, 2.75) is 32.2 Å². The molecule has 1 amide bonds. The van der Waals surface area contributed by atoms with Crippen LogP contribution in [0, 0.1) is 0 Å². The summed E-state index contributed by atoms with van der Waals surface area (Å²) in [6, 6.07) is 7.42. The van der Waals surface area contributed by atoms with Gasteiger partial charge in [0.25, 0.3) is 5.91 Å². The van der Waals surface area contributed by atoms with Gasteiger partial charge in [-0.1, -0.05) is 6.92 Å². The summed E-state index contributed by atoms with van der Waals surface area (Å²) in [7, 11) is 0. The fourth-order valence-corrected chi connectivity index (χ4v) is 2.95. The molecular weight excluding hydrogens is 316 g/mol. The Morgan fingerprint density at radius 3 is 2.88 bits per heavy atom. The molecule has 1 aliphatic heterocycles. The summed E-state index contributed by atoms with van der Waals surface area (Å²) in [6.45, 7) is 4.44. The third-order valence-corrected chi connectivity index (χ3v) is 4.22. The number of aromatic nitrogens is 2. The highest BCUT2D eigenvalue weighted by molar-refractivity contribution is 5.94. The standard InChI is InChI=1S/C19H24N4O2/c1-2-12-25-17-7-5-15(6-8-17)19(24)22-16-4-3-11-23(14-16)18-13-20-9-10-21-18/h5-10,13,16H,2-4,11-12,14H2,1H3,(H,22,24)/t16-/m1/s1. The molecule has 0 radical (unpaired) electrons. The van der Waals surface area contributed by atoms with Crippen molar-refractivity contribution in [3.63, 3.8) is 0 Å². The van der Waals surface area contributed by atoms with E-state index >= 15 is 0 Å². The Morgan fingerprint density at radius 2 is 2.16 bits per heavy atom. The second-order valence-corrected chi connectivity index (χ2v) is 6.20. The van der Waals surface area contributed by atoms with E-state index in [2.05, 4.69) is 27.1 Å². The average Bonchev–Trinajstić information content (AvgIpc) is 2.67. The highest BCUT2D eigenvalue weighted by Crippen LogP contribution is 2.17. The number of ether oxygens (including phenoxy) is 1. The average molecular weight is 340 g/mol. The zero-order valence-electron chi connectivity index (χ0n) is 14.5. The Kier molecular flexibility index (Phi) is 5.82. The van der Waals surface area contributed by atoms with E-state index in [1.165, 1.54) is 0 Å². The Labute approximate surface area is 148 Å². The van der Waals surface area contributed by atoms with Gasteiger partial charge in [0.15, 0.2) is 0 Å². The predicted octanol–water partition coefficient (Wildman–Crippen LogP) is 2.66. The first-order valence-corrected chi connectivity index (χ1v) is 8.81. The molecule has 1 atom stereocenters. The molecule has 25 heavy (non-hydrogen) atoms. The van der Waals surface area contributed by atoms with Crippen molar-refractivity contribution < 1.29 is 9.53 Å². The summed E-state index contributed by atoms with van der Waals surface area (Å²) in [5.41, 5.74) is 0.653. The number of nitrogens with zero attached hydrogens (tertiary/aromatic N) is 3. The Balaban J connectivity index is 1.57. The molecule has 0 saturated carbocycles. The van der Waals surface area contributed by atoms with E-state index in [1.54, 1.807) is 18.6 Å². The lowest BCUT2D eigenvalue weighted by Gasteiger charge is -2.33. The highest BCUT2D eigenvalue weighted by Gasteiger charge is 2.22. The molecule has 6 heteroatoms. The van der Waals surface area contributed by atoms with Gasteiger partial charge < -0.3 is 15.0 Å². The Hall–Kier alpha value is -2.63. The number of anilines is 1. The van der Waals surface area contributed by atoms with Crippen molar-refractivity contribution in [2.75, 3.05) is 24.6 Å². The monoisotopic (exact) mass is 340 g/mol. The molecule has 2 aromatic rings. The van der Waals surface area contributed by atoms with Crippen LogP contribution < -0.4 is 15.0 Å². The minimum absolute atomic E-state index is 0.0481. The first-order chi connectivity index (χ1) is 12.3. The van der Waals surface area contributed by atoms with Gasteiger partial charge in [0.05, 0.1) is 12.8 Å². The van der Waals surface area contributed by atoms with Crippen LogP contribution in [0.1, 0.15) is 36.5 Å². The maximum Gasteiger partial charge on any atom is 0.251 e. The number of nitrogens with one attached hydrogen (secondary N) is 1. The molecule has 1 fully saturated rings. The summed E-state index contributed by atoms with van der Waals surface area (Å²) in [5.74, 6) is 1.61. The van der Waals surface area contributed by atoms with E-state index in [9.17, 15) is 4.79 Å². The molecule has 0 spiro atoms. The number of rotatable bonds is 6. The largest absolute Gasteiger partial charge is 0.494 e. The van der Waals surface area contributed by atoms with Crippen molar-refractivity contribution in [1.29, 1.82) is 0 Å². The SMILES string of the molecule is CCCOc1ccc(C(=O)N[C@@H]2CCCN(c3cnccn3)C2)cc1. The summed E-state index contributed by atoms with van der Waals surface area (Å²) in [6.07, 6.45) is 8.08. The zero-order valence-corrected chi connectivity index (χ0v) is 14.5. The van der Waals surface area contributed by atoms with Crippen LogP contribution in [-0.2, 0) is 0 Å². The van der Waals surface area contributed by atoms with E-state index in [0.29, 0.717) is 12.2 Å². The van der Waals surface area contributed by atoms with E-state index in [-0.39, 0.29) is 11.9 Å². The third kappa shape index (κ3) is 4.68. The predicted molar refractivity (Wildman–Crippen MR) is 97.0 cm³/mol. The number of hydrogen-bond donors (Lipinski definition) is 1. The maximum absolute atomic E-state index is 12.5. The smallest absolute Gasteiger partial charge is 0.251 e. The second-order valence-electron chi connectivity index (χ2n) is 6.20. The number of benzene rings is 1. The van der Waals surface area contributed by atoms with Crippen LogP contribution in [0.5, 0.6) is 5.75 Å². The lowest BCUT2D eigenvalue weighted by atomic mass is 10.0. The molecule has 1 aliphatic rings. The fraction of sp³-hybridized carbons (Fsp3) is 0.421. The molecule has 6 nitrogen and oxygen atoms in total. The number of piperidine rings is 1. The summed E-state index contributed by atoms with van der Waals surface area (Å²) < 4.78 is 5.55. The minimum Gasteiger partial charge on any atom is -0.494 e. The summed E-state index contributed by atoms with van der Waals surface area (Å²) in [4.78, 5) is 23.1. The lowest BCUT2D eigenvalue weighted by Crippen LogP contribution is -2.48. The molecule has 1 aromatic carbocycles. The molecule has 3 rings (SSSR count). The topological polar surface area (TPSA) is 67.3 Å². The van der Waals surface area contributed by atoms with E-state index in [1.807, 2.05) is 24.3 Å². The van der Waals surface area contributed by atoms with Gasteiger partial charge in [0.1, 0.15) is 11.6 Å². The van der Waals surface area contributed by atoms with E-state index in [0.717, 1.165) is 43.9 Å². The van der Waals surface area contributed by atoms with Crippen LogP contribution in [0.15, 0.2) is 42.9 Å². The quantitative estimate of drug-likeness (QED) is 0.876. The third-order valence-electron chi connectivity index (χ3n) is 4.22. The molecule has 1 N–H and O–H groups in total. The van der Waals surface area contributed by atoms with Crippen LogP contribution >= 0.6 is 0 Å². The Morgan fingerprint density at radius 1 is 1.32 bits per heavy atom. The molecule has 1 saturated heterocycles. The number of amides is 1. The normalized spacial score (nSPS) is 17.2. The maximum atomic E-state index is 12.5. The van der Waals surface area contributed by atoms with Gasteiger partial charge in [-0.3, -0.25) is 9.78 Å². The molecule has 1 aromatic heterocycles. The molecular formula is C19H24N4O2. The second kappa shape index (κ2) is 8.46. The molecule has 0 aliphatic carbocycles. The molecule has 132 valence electrons. The van der Waals surface area contributed by atoms with Gasteiger partial charge in [-0.15, -0.1) is 0 Å². The van der Waals surface area contributed by atoms with Gasteiger partial charge in [-0.2, -0.15) is 0 Å². The minimum atomic E-state index is -0.0481. The fourth-order valence-electron chi connectivity index (χ4n) is 2.95. The van der Waals surface area contributed by atoms with Crippen molar-refractivity contribution in [3.8, 4) is 5.75 Å². The van der Waals surface area contributed by atoms with Crippen LogP contribution in [0.25, 0.3) is 0 Å². The van der Waals surface area contributed by atoms with Crippen molar-refractivity contribution in [2.24, 2.45) is 0 Å². The number of hydrogen-bond acceptors (Lipinski definition) is 5. The lowest BCUT2D eigenvalue weighted by molar-refractivity contribution is 0.0933. The molecule has 0 unspecified atom stereocenters. The molecule has 2 heterocycles. The van der Waals surface area contributed by atoms with Crippen molar-refractivity contribution >= 4 is 11.7 Å². The van der Waals surface area contributed by atoms with Crippen LogP contribution in [-0.4, -0.2) is 41.6 Å². The Bertz CT molecular complexity index is 676. The van der Waals surface area contributed by atoms with Crippen LogP contribution in [0.4, 0.5) is 5.82 Å². The van der Waals surface area contributed by atoms with Crippen LogP contribution in [0.3, 0.4) is 0 Å². The van der Waals surface area contributed by atoms with Crippen molar-refractivity contribution in [3.05, 3.63) is 48.4 Å². The van der Waals surface area contributed by atoms with Gasteiger partial charge in [-0.25, -0.2) is 4.98 Å². The van der Waals surface area contributed by atoms with Crippen molar-refractivity contribution in [1.82, 2.24) is 15.3 Å².